The van der Waals surface area contributed by atoms with Crippen LogP contribution in [0.15, 0.2) is 18.2 Å². The number of carboxylic acid groups (broad SMARTS) is 1. The number of benzene rings is 1. The Morgan fingerprint density at radius 1 is 1.53 bits per heavy atom. The van der Waals surface area contributed by atoms with Crippen molar-refractivity contribution in [2.24, 2.45) is 0 Å². The van der Waals surface area contributed by atoms with Crippen LogP contribution in [0.2, 0.25) is 5.02 Å². The molecule has 1 rings (SSSR count). The Morgan fingerprint density at radius 2 is 2.24 bits per heavy atom. The number of aliphatic carboxylic acids is 1. The van der Waals surface area contributed by atoms with E-state index in [1.54, 1.807) is 12.1 Å². The Morgan fingerprint density at radius 3 is 2.82 bits per heavy atom. The van der Waals surface area contributed by atoms with E-state index in [2.05, 4.69) is 5.92 Å². The lowest BCUT2D eigenvalue weighted by Crippen LogP contribution is -2.29. The zero-order valence-corrected chi connectivity index (χ0v) is 9.81. The second kappa shape index (κ2) is 6.14. The maximum atomic E-state index is 10.6. The van der Waals surface area contributed by atoms with Crippen LogP contribution in [-0.4, -0.2) is 34.2 Å². The molecule has 0 amide bonds. The average molecular weight is 254 g/mol. The number of halogens is 1. The van der Waals surface area contributed by atoms with Gasteiger partial charge in [0.05, 0.1) is 13.1 Å². The summed E-state index contributed by atoms with van der Waals surface area (Å²) in [6.07, 6.45) is 5.15. The van der Waals surface area contributed by atoms with Crippen molar-refractivity contribution in [3.8, 4) is 18.1 Å². The molecule has 2 N–H and O–H groups in total. The van der Waals surface area contributed by atoms with Crippen LogP contribution in [0.5, 0.6) is 5.75 Å². The van der Waals surface area contributed by atoms with Crippen LogP contribution in [-0.2, 0) is 11.3 Å². The van der Waals surface area contributed by atoms with Crippen LogP contribution in [0.3, 0.4) is 0 Å². The summed E-state index contributed by atoms with van der Waals surface area (Å²) in [7, 11) is 0. The van der Waals surface area contributed by atoms with E-state index in [4.69, 9.17) is 23.1 Å². The van der Waals surface area contributed by atoms with E-state index < -0.39 is 5.97 Å². The fourth-order valence-corrected chi connectivity index (χ4v) is 1.60. The number of phenolic OH excluding ortho intramolecular Hbond substituents is 1. The molecule has 0 saturated heterocycles. The van der Waals surface area contributed by atoms with Crippen LogP contribution < -0.4 is 0 Å². The van der Waals surface area contributed by atoms with E-state index in [1.165, 1.54) is 11.0 Å². The molecule has 0 atom stereocenters. The summed E-state index contributed by atoms with van der Waals surface area (Å²) in [6, 6.07) is 4.61. The quantitative estimate of drug-likeness (QED) is 0.782. The minimum atomic E-state index is -0.971. The molecule has 4 nitrogen and oxygen atoms in total. The SMILES string of the molecule is C#CCN(CC(=O)O)Cc1cc(Cl)ccc1O. The third-order valence-electron chi connectivity index (χ3n) is 2.11. The van der Waals surface area contributed by atoms with Gasteiger partial charge in [-0.1, -0.05) is 17.5 Å². The van der Waals surface area contributed by atoms with Gasteiger partial charge in [-0.25, -0.2) is 0 Å². The molecule has 0 aliphatic carbocycles. The summed E-state index contributed by atoms with van der Waals surface area (Å²) in [4.78, 5) is 12.1. The zero-order valence-electron chi connectivity index (χ0n) is 9.06. The first kappa shape index (κ1) is 13.4. The second-order valence-electron chi connectivity index (χ2n) is 3.52. The van der Waals surface area contributed by atoms with Crippen molar-refractivity contribution in [2.75, 3.05) is 13.1 Å². The largest absolute Gasteiger partial charge is 0.508 e. The Bertz CT molecular complexity index is 454. The number of rotatable bonds is 5. The zero-order chi connectivity index (χ0) is 12.8. The van der Waals surface area contributed by atoms with E-state index in [0.29, 0.717) is 10.6 Å². The topological polar surface area (TPSA) is 60.8 Å². The molecule has 1 aromatic carbocycles. The highest BCUT2D eigenvalue weighted by Crippen LogP contribution is 2.22. The van der Waals surface area contributed by atoms with Crippen LogP contribution in [0.25, 0.3) is 0 Å². The molecular formula is C12H12ClNO3. The number of hydrogen-bond acceptors (Lipinski definition) is 3. The van der Waals surface area contributed by atoms with Crippen molar-refractivity contribution >= 4 is 17.6 Å². The lowest BCUT2D eigenvalue weighted by Gasteiger charge is -2.18. The molecule has 0 fully saturated rings. The Kier molecular flexibility index (Phi) is 4.83. The van der Waals surface area contributed by atoms with E-state index in [1.807, 2.05) is 0 Å². The highest BCUT2D eigenvalue weighted by Gasteiger charge is 2.11. The third kappa shape index (κ3) is 4.35. The first-order chi connectivity index (χ1) is 8.02. The van der Waals surface area contributed by atoms with Crippen LogP contribution in [0.4, 0.5) is 0 Å². The van der Waals surface area contributed by atoms with Gasteiger partial charge in [0.15, 0.2) is 0 Å². The Labute approximate surface area is 104 Å². The predicted molar refractivity (Wildman–Crippen MR) is 64.9 cm³/mol. The highest BCUT2D eigenvalue weighted by molar-refractivity contribution is 6.30. The van der Waals surface area contributed by atoms with Gasteiger partial charge in [0.2, 0.25) is 0 Å². The first-order valence-electron chi connectivity index (χ1n) is 4.88. The van der Waals surface area contributed by atoms with E-state index in [9.17, 15) is 9.90 Å². The molecule has 0 aromatic heterocycles. The van der Waals surface area contributed by atoms with Crippen molar-refractivity contribution in [1.82, 2.24) is 4.90 Å². The molecule has 17 heavy (non-hydrogen) atoms. The predicted octanol–water partition coefficient (Wildman–Crippen LogP) is 1.57. The second-order valence-corrected chi connectivity index (χ2v) is 3.95. The van der Waals surface area contributed by atoms with Crippen molar-refractivity contribution in [2.45, 2.75) is 6.54 Å². The normalized spacial score (nSPS) is 10.2. The molecule has 5 heteroatoms. The van der Waals surface area contributed by atoms with Crippen LogP contribution in [0.1, 0.15) is 5.56 Å². The molecule has 90 valence electrons. The molecule has 0 saturated carbocycles. The summed E-state index contributed by atoms with van der Waals surface area (Å²) in [5.41, 5.74) is 0.550. The van der Waals surface area contributed by atoms with Crippen molar-refractivity contribution < 1.29 is 15.0 Å². The van der Waals surface area contributed by atoms with E-state index in [-0.39, 0.29) is 25.4 Å². The Hall–Kier alpha value is -1.70. The molecule has 0 aliphatic rings. The molecule has 0 radical (unpaired) electrons. The number of carboxylic acids is 1. The van der Waals surface area contributed by atoms with E-state index in [0.717, 1.165) is 0 Å². The smallest absolute Gasteiger partial charge is 0.317 e. The average Bonchev–Trinajstić information content (AvgIpc) is 2.23. The van der Waals surface area contributed by atoms with Gasteiger partial charge in [0.25, 0.3) is 0 Å². The summed E-state index contributed by atoms with van der Waals surface area (Å²) in [5.74, 6) is 1.48. The Balaban J connectivity index is 2.81. The molecule has 0 aliphatic heterocycles. The molecule has 0 heterocycles. The summed E-state index contributed by atoms with van der Waals surface area (Å²) < 4.78 is 0. The van der Waals surface area contributed by atoms with Crippen molar-refractivity contribution in [1.29, 1.82) is 0 Å². The molecular weight excluding hydrogens is 242 g/mol. The molecule has 0 bridgehead atoms. The van der Waals surface area contributed by atoms with Crippen LogP contribution >= 0.6 is 11.6 Å². The van der Waals surface area contributed by atoms with Gasteiger partial charge in [0, 0.05) is 17.1 Å². The lowest BCUT2D eigenvalue weighted by atomic mass is 10.2. The maximum absolute atomic E-state index is 10.6. The van der Waals surface area contributed by atoms with Gasteiger partial charge in [-0.15, -0.1) is 6.42 Å². The minimum Gasteiger partial charge on any atom is -0.508 e. The van der Waals surface area contributed by atoms with Crippen LogP contribution in [0, 0.1) is 12.3 Å². The number of phenols is 1. The molecule has 0 unspecified atom stereocenters. The van der Waals surface area contributed by atoms with Gasteiger partial charge in [0.1, 0.15) is 5.75 Å². The standard InChI is InChI=1S/C12H12ClNO3/c1-2-5-14(8-12(16)17)7-9-6-10(13)3-4-11(9)15/h1,3-4,6,15H,5,7-8H2,(H,16,17). The number of aromatic hydroxyl groups is 1. The number of hydrogen-bond donors (Lipinski definition) is 2. The number of nitrogens with zero attached hydrogens (tertiary/aromatic N) is 1. The fourth-order valence-electron chi connectivity index (χ4n) is 1.41. The van der Waals surface area contributed by atoms with Gasteiger partial charge in [-0.05, 0) is 18.2 Å². The van der Waals surface area contributed by atoms with Crippen molar-refractivity contribution in [3.05, 3.63) is 28.8 Å². The monoisotopic (exact) mass is 253 g/mol. The summed E-state index contributed by atoms with van der Waals surface area (Å²) >= 11 is 5.80. The van der Waals surface area contributed by atoms with E-state index >= 15 is 0 Å². The van der Waals surface area contributed by atoms with Crippen molar-refractivity contribution in [3.63, 3.8) is 0 Å². The number of carbonyl (C=O) groups is 1. The third-order valence-corrected chi connectivity index (χ3v) is 2.34. The lowest BCUT2D eigenvalue weighted by molar-refractivity contribution is -0.138. The molecule has 0 spiro atoms. The van der Waals surface area contributed by atoms with Gasteiger partial charge in [-0.2, -0.15) is 0 Å². The summed E-state index contributed by atoms with van der Waals surface area (Å²) in [6.45, 7) is 0.247. The van der Waals surface area contributed by atoms with Gasteiger partial charge < -0.3 is 10.2 Å². The first-order valence-corrected chi connectivity index (χ1v) is 5.25. The maximum Gasteiger partial charge on any atom is 0.317 e. The van der Waals surface area contributed by atoms with Gasteiger partial charge in [-0.3, -0.25) is 9.69 Å². The minimum absolute atomic E-state index is 0.0711. The number of terminal acetylenes is 1. The molecule has 1 aromatic rings. The highest BCUT2D eigenvalue weighted by atomic mass is 35.5. The van der Waals surface area contributed by atoms with Gasteiger partial charge >= 0.3 is 5.97 Å². The summed E-state index contributed by atoms with van der Waals surface area (Å²) in [5, 5.41) is 18.8. The fraction of sp³-hybridized carbons (Fsp3) is 0.250.